The van der Waals surface area contributed by atoms with Crippen molar-refractivity contribution in [3.05, 3.63) is 72.8 Å². The number of halogens is 2. The smallest absolute Gasteiger partial charge is 0.402 e. The molecule has 0 atom stereocenters. The Morgan fingerprint density at radius 1 is 0.658 bits per heavy atom. The standard InChI is InChI=1S/C28H32F2O6S2/c1-26(2,3)35-21-9-15-24(16-10-21)37(25-17-11-22(12-18-25)36-27(4,5)6)23-13-7-20(8-14-23)34-19-28(29,30)38(31,32)33/h7-18H,19H2,1-6H3/p+1. The van der Waals surface area contributed by atoms with E-state index in [0.717, 1.165) is 26.2 Å². The number of alkyl halides is 2. The average Bonchev–Trinajstić information content (AvgIpc) is 2.78. The molecule has 0 saturated heterocycles. The zero-order valence-electron chi connectivity index (χ0n) is 22.2. The van der Waals surface area contributed by atoms with E-state index in [1.165, 1.54) is 12.1 Å². The summed E-state index contributed by atoms with van der Waals surface area (Å²) >= 11 is 0. The van der Waals surface area contributed by atoms with E-state index >= 15 is 0 Å². The lowest BCUT2D eigenvalue weighted by Gasteiger charge is -2.21. The van der Waals surface area contributed by atoms with Crippen LogP contribution in [0.3, 0.4) is 0 Å². The molecule has 0 unspecified atom stereocenters. The van der Waals surface area contributed by atoms with Gasteiger partial charge in [-0.25, -0.2) is 0 Å². The molecule has 0 heterocycles. The van der Waals surface area contributed by atoms with Gasteiger partial charge in [0.05, 0.1) is 10.9 Å². The molecule has 0 aliphatic rings. The molecule has 3 aromatic rings. The fourth-order valence-electron chi connectivity index (χ4n) is 3.32. The zero-order valence-corrected chi connectivity index (χ0v) is 23.8. The molecule has 3 aromatic carbocycles. The molecule has 0 spiro atoms. The topological polar surface area (TPSA) is 82.1 Å². The lowest BCUT2D eigenvalue weighted by atomic mass is 10.2. The summed E-state index contributed by atoms with van der Waals surface area (Å²) in [5.41, 5.74) is -0.678. The first-order chi connectivity index (χ1) is 17.4. The summed E-state index contributed by atoms with van der Waals surface area (Å²) in [6, 6.07) is 22.0. The van der Waals surface area contributed by atoms with Crippen LogP contribution in [0.15, 0.2) is 87.5 Å². The van der Waals surface area contributed by atoms with Crippen LogP contribution in [0.1, 0.15) is 41.5 Å². The number of benzene rings is 3. The molecule has 0 saturated carbocycles. The van der Waals surface area contributed by atoms with Crippen LogP contribution >= 0.6 is 0 Å². The Bertz CT molecular complexity index is 1250. The van der Waals surface area contributed by atoms with Gasteiger partial charge in [-0.05, 0) is 114 Å². The quantitative estimate of drug-likeness (QED) is 0.222. The number of hydrogen-bond acceptors (Lipinski definition) is 5. The van der Waals surface area contributed by atoms with Crippen LogP contribution in [0, 0.1) is 0 Å². The Hall–Kier alpha value is -2.82. The molecule has 206 valence electrons. The van der Waals surface area contributed by atoms with Gasteiger partial charge in [-0.1, -0.05) is 0 Å². The monoisotopic (exact) mass is 567 g/mol. The van der Waals surface area contributed by atoms with E-state index in [4.69, 9.17) is 18.8 Å². The fraction of sp³-hybridized carbons (Fsp3) is 0.357. The van der Waals surface area contributed by atoms with Crippen LogP contribution in [-0.2, 0) is 21.0 Å². The van der Waals surface area contributed by atoms with Crippen LogP contribution in [0.25, 0.3) is 0 Å². The Morgan fingerprint density at radius 3 is 1.26 bits per heavy atom. The van der Waals surface area contributed by atoms with Crippen LogP contribution in [0.2, 0.25) is 0 Å². The minimum Gasteiger partial charge on any atom is -0.488 e. The highest BCUT2D eigenvalue weighted by Crippen LogP contribution is 2.35. The number of rotatable bonds is 9. The van der Waals surface area contributed by atoms with Crippen molar-refractivity contribution in [1.29, 1.82) is 0 Å². The molecule has 3 rings (SSSR count). The normalized spacial score (nSPS) is 12.9. The maximum atomic E-state index is 13.6. The van der Waals surface area contributed by atoms with Crippen molar-refractivity contribution in [1.82, 2.24) is 0 Å². The second kappa shape index (κ2) is 11.1. The van der Waals surface area contributed by atoms with E-state index in [2.05, 4.69) is 0 Å². The van der Waals surface area contributed by atoms with Crippen LogP contribution in [0.5, 0.6) is 17.2 Å². The van der Waals surface area contributed by atoms with Crippen molar-refractivity contribution in [3.63, 3.8) is 0 Å². The molecule has 6 nitrogen and oxygen atoms in total. The van der Waals surface area contributed by atoms with Crippen molar-refractivity contribution in [2.24, 2.45) is 0 Å². The molecular formula is C28H33F2O6S2+. The van der Waals surface area contributed by atoms with Gasteiger partial charge in [0.15, 0.2) is 21.3 Å². The SMILES string of the molecule is CC(C)(C)Oc1ccc([S+](c2ccc(OCC(F)(F)S(=O)(=O)O)cc2)c2ccc(OC(C)(C)C)cc2)cc1. The third-order valence-electron chi connectivity index (χ3n) is 4.81. The molecule has 38 heavy (non-hydrogen) atoms. The Morgan fingerprint density at radius 2 is 0.974 bits per heavy atom. The van der Waals surface area contributed by atoms with Gasteiger partial charge in [0.25, 0.3) is 0 Å². The molecule has 0 aromatic heterocycles. The second-order valence-corrected chi connectivity index (χ2v) is 14.1. The molecular weight excluding hydrogens is 534 g/mol. The summed E-state index contributed by atoms with van der Waals surface area (Å²) in [6.07, 6.45) is 0. The van der Waals surface area contributed by atoms with E-state index in [0.29, 0.717) is 0 Å². The average molecular weight is 568 g/mol. The van der Waals surface area contributed by atoms with Gasteiger partial charge in [0.2, 0.25) is 0 Å². The van der Waals surface area contributed by atoms with Crippen molar-refractivity contribution in [3.8, 4) is 17.2 Å². The molecule has 0 aliphatic heterocycles. The molecule has 0 bridgehead atoms. The number of ether oxygens (including phenoxy) is 3. The molecule has 0 radical (unpaired) electrons. The first-order valence-corrected chi connectivity index (χ1v) is 14.5. The minimum atomic E-state index is -5.57. The van der Waals surface area contributed by atoms with Gasteiger partial charge in [-0.3, -0.25) is 4.55 Å². The van der Waals surface area contributed by atoms with Crippen molar-refractivity contribution in [2.45, 2.75) is 72.7 Å². The summed E-state index contributed by atoms with van der Waals surface area (Å²) < 4.78 is 74.3. The maximum Gasteiger partial charge on any atom is 0.402 e. The lowest BCUT2D eigenvalue weighted by Crippen LogP contribution is -2.34. The van der Waals surface area contributed by atoms with Gasteiger partial charge in [-0.15, -0.1) is 0 Å². The van der Waals surface area contributed by atoms with Crippen LogP contribution in [-0.4, -0.2) is 36.0 Å². The van der Waals surface area contributed by atoms with Gasteiger partial charge in [0.1, 0.15) is 28.5 Å². The predicted molar refractivity (Wildman–Crippen MR) is 144 cm³/mol. The summed E-state index contributed by atoms with van der Waals surface area (Å²) in [6.45, 7) is 10.3. The minimum absolute atomic E-state index is 0.0449. The summed E-state index contributed by atoms with van der Waals surface area (Å²) in [4.78, 5) is 2.89. The van der Waals surface area contributed by atoms with Crippen molar-refractivity contribution < 1.29 is 36.0 Å². The second-order valence-electron chi connectivity index (χ2n) is 10.6. The van der Waals surface area contributed by atoms with E-state index in [-0.39, 0.29) is 17.0 Å². The summed E-state index contributed by atoms with van der Waals surface area (Å²) in [5.74, 6) is 1.52. The molecule has 1 N–H and O–H groups in total. The molecule has 0 amide bonds. The Labute approximate surface area is 226 Å². The largest absolute Gasteiger partial charge is 0.488 e. The fourth-order valence-corrected chi connectivity index (χ4v) is 5.57. The van der Waals surface area contributed by atoms with Crippen molar-refractivity contribution >= 4 is 21.0 Å². The summed E-state index contributed by atoms with van der Waals surface area (Å²) in [7, 11) is -6.15. The maximum absolute atomic E-state index is 13.6. The first-order valence-electron chi connectivity index (χ1n) is 11.8. The van der Waals surface area contributed by atoms with Gasteiger partial charge in [-0.2, -0.15) is 17.2 Å². The Balaban J connectivity index is 1.92. The first kappa shape index (κ1) is 29.7. The highest BCUT2D eigenvalue weighted by molar-refractivity contribution is 7.97. The highest BCUT2D eigenvalue weighted by atomic mass is 32.2. The van der Waals surface area contributed by atoms with Crippen LogP contribution in [0.4, 0.5) is 8.78 Å². The third-order valence-corrected chi connectivity index (χ3v) is 7.91. The van der Waals surface area contributed by atoms with Crippen molar-refractivity contribution in [2.75, 3.05) is 6.61 Å². The highest BCUT2D eigenvalue weighted by Gasteiger charge is 2.45. The van der Waals surface area contributed by atoms with E-state index < -0.39 is 32.9 Å². The van der Waals surface area contributed by atoms with Crippen LogP contribution < -0.4 is 14.2 Å². The van der Waals surface area contributed by atoms with Gasteiger partial charge >= 0.3 is 15.4 Å². The summed E-state index contributed by atoms with van der Waals surface area (Å²) in [5, 5.41) is -4.41. The van der Waals surface area contributed by atoms with E-state index in [9.17, 15) is 17.2 Å². The third kappa shape index (κ3) is 8.34. The van der Waals surface area contributed by atoms with E-state index in [1.807, 2.05) is 90.1 Å². The van der Waals surface area contributed by atoms with E-state index in [1.54, 1.807) is 12.1 Å². The molecule has 10 heteroatoms. The predicted octanol–water partition coefficient (Wildman–Crippen LogP) is 7.00. The molecule has 0 fully saturated rings. The Kier molecular flexibility index (Phi) is 8.70. The van der Waals surface area contributed by atoms with Gasteiger partial charge in [0, 0.05) is 0 Å². The lowest BCUT2D eigenvalue weighted by molar-refractivity contribution is 0.0288. The number of hydrogen-bond donors (Lipinski definition) is 1. The molecule has 0 aliphatic carbocycles. The van der Waals surface area contributed by atoms with Gasteiger partial charge < -0.3 is 14.2 Å². The zero-order chi connectivity index (χ0) is 28.4.